The van der Waals surface area contributed by atoms with Crippen molar-refractivity contribution in [2.45, 2.75) is 44.9 Å². The lowest BCUT2D eigenvalue weighted by molar-refractivity contribution is 0.143. The third-order valence-corrected chi connectivity index (χ3v) is 3.46. The van der Waals surface area contributed by atoms with Crippen LogP contribution >= 0.6 is 15.9 Å². The monoisotopic (exact) mass is 236 g/mol. The highest BCUT2D eigenvalue weighted by atomic mass is 79.9. The fourth-order valence-electron chi connectivity index (χ4n) is 1.02. The Morgan fingerprint density at radius 2 is 1.92 bits per heavy atom. The van der Waals surface area contributed by atoms with Gasteiger partial charge in [-0.15, -0.1) is 0 Å². The topological polar surface area (TPSA) is 9.23 Å². The third kappa shape index (κ3) is 7.11. The average molecular weight is 237 g/mol. The van der Waals surface area contributed by atoms with Crippen molar-refractivity contribution in [3.63, 3.8) is 0 Å². The minimum Gasteiger partial charge on any atom is -0.382 e. The van der Waals surface area contributed by atoms with E-state index in [1.807, 2.05) is 6.92 Å². The Balaban J connectivity index is 3.08. The summed E-state index contributed by atoms with van der Waals surface area (Å²) in [6.07, 6.45) is 3.74. The van der Waals surface area contributed by atoms with Gasteiger partial charge < -0.3 is 4.74 Å². The summed E-state index contributed by atoms with van der Waals surface area (Å²) in [4.78, 5) is 0.680. The molecule has 0 fully saturated rings. The number of hydrogen-bond acceptors (Lipinski definition) is 1. The summed E-state index contributed by atoms with van der Waals surface area (Å²) >= 11 is 3.67. The van der Waals surface area contributed by atoms with Crippen molar-refractivity contribution in [1.29, 1.82) is 0 Å². The highest BCUT2D eigenvalue weighted by molar-refractivity contribution is 9.09. The maximum Gasteiger partial charge on any atom is 0.0465 e. The molecule has 0 bridgehead atoms. The van der Waals surface area contributed by atoms with Crippen molar-refractivity contribution in [2.75, 3.05) is 13.2 Å². The van der Waals surface area contributed by atoms with Gasteiger partial charge in [0.15, 0.2) is 0 Å². The Morgan fingerprint density at radius 1 is 1.25 bits per heavy atom. The van der Waals surface area contributed by atoms with Gasteiger partial charge >= 0.3 is 0 Å². The molecule has 1 atom stereocenters. The van der Waals surface area contributed by atoms with Gasteiger partial charge in [-0.25, -0.2) is 0 Å². The Bertz CT molecular complexity index is 93.8. The maximum atomic E-state index is 5.26. The Hall–Kier alpha value is 0.440. The molecule has 0 heterocycles. The largest absolute Gasteiger partial charge is 0.382 e. The fraction of sp³-hybridized carbons (Fsp3) is 1.00. The van der Waals surface area contributed by atoms with Crippen LogP contribution in [-0.4, -0.2) is 18.0 Å². The molecule has 74 valence electrons. The minimum atomic E-state index is 0.680. The van der Waals surface area contributed by atoms with Crippen molar-refractivity contribution >= 4 is 15.9 Å². The van der Waals surface area contributed by atoms with Gasteiger partial charge in [0, 0.05) is 18.0 Å². The number of halogens is 1. The molecule has 0 rings (SSSR count). The zero-order chi connectivity index (χ0) is 9.40. The summed E-state index contributed by atoms with van der Waals surface area (Å²) < 4.78 is 5.26. The van der Waals surface area contributed by atoms with E-state index in [0.29, 0.717) is 4.83 Å². The molecule has 0 saturated carbocycles. The van der Waals surface area contributed by atoms with Crippen LogP contribution < -0.4 is 0 Å². The van der Waals surface area contributed by atoms with Crippen LogP contribution in [0.5, 0.6) is 0 Å². The van der Waals surface area contributed by atoms with Crippen LogP contribution in [0.15, 0.2) is 0 Å². The van der Waals surface area contributed by atoms with Crippen LogP contribution in [0, 0.1) is 5.92 Å². The quantitative estimate of drug-likeness (QED) is 0.485. The number of unbranched alkanes of at least 4 members (excludes halogenated alkanes) is 1. The SMILES string of the molecule is CCOCCCCC(Br)C(C)C. The molecule has 2 heteroatoms. The van der Waals surface area contributed by atoms with E-state index in [9.17, 15) is 0 Å². The van der Waals surface area contributed by atoms with Gasteiger partial charge in [0.2, 0.25) is 0 Å². The molecule has 0 aliphatic carbocycles. The van der Waals surface area contributed by atoms with Crippen molar-refractivity contribution < 1.29 is 4.74 Å². The van der Waals surface area contributed by atoms with Gasteiger partial charge in [0.25, 0.3) is 0 Å². The Morgan fingerprint density at radius 3 is 2.42 bits per heavy atom. The van der Waals surface area contributed by atoms with E-state index in [0.717, 1.165) is 19.1 Å². The predicted octanol–water partition coefficient (Wildman–Crippen LogP) is 3.61. The first-order chi connectivity index (χ1) is 5.68. The lowest BCUT2D eigenvalue weighted by atomic mass is 10.1. The van der Waals surface area contributed by atoms with Crippen molar-refractivity contribution in [3.8, 4) is 0 Å². The van der Waals surface area contributed by atoms with E-state index in [4.69, 9.17) is 4.74 Å². The second-order valence-electron chi connectivity index (χ2n) is 3.45. The van der Waals surface area contributed by atoms with Crippen molar-refractivity contribution in [1.82, 2.24) is 0 Å². The second-order valence-corrected chi connectivity index (χ2v) is 4.63. The van der Waals surface area contributed by atoms with Crippen molar-refractivity contribution in [3.05, 3.63) is 0 Å². The molecule has 0 N–H and O–H groups in total. The van der Waals surface area contributed by atoms with Crippen molar-refractivity contribution in [2.24, 2.45) is 5.92 Å². The lowest BCUT2D eigenvalue weighted by Gasteiger charge is -2.12. The summed E-state index contributed by atoms with van der Waals surface area (Å²) in [6, 6.07) is 0. The minimum absolute atomic E-state index is 0.680. The highest BCUT2D eigenvalue weighted by Crippen LogP contribution is 2.18. The predicted molar refractivity (Wildman–Crippen MR) is 57.9 cm³/mol. The standard InChI is InChI=1S/C10H21BrO/c1-4-12-8-6-5-7-10(11)9(2)3/h9-10H,4-8H2,1-3H3. The van der Waals surface area contributed by atoms with Crippen LogP contribution in [0.2, 0.25) is 0 Å². The molecule has 0 radical (unpaired) electrons. The summed E-state index contributed by atoms with van der Waals surface area (Å²) in [5.74, 6) is 0.747. The maximum absolute atomic E-state index is 5.26. The molecule has 0 aromatic rings. The second kappa shape index (κ2) is 8.06. The molecule has 1 nitrogen and oxygen atoms in total. The summed E-state index contributed by atoms with van der Waals surface area (Å²) in [5, 5.41) is 0. The first-order valence-electron chi connectivity index (χ1n) is 4.90. The molecule has 0 aliphatic rings. The van der Waals surface area contributed by atoms with Crippen LogP contribution in [0.4, 0.5) is 0 Å². The lowest BCUT2D eigenvalue weighted by Crippen LogP contribution is -2.07. The number of ether oxygens (including phenoxy) is 1. The summed E-state index contributed by atoms with van der Waals surface area (Å²) in [6.45, 7) is 8.32. The van der Waals surface area contributed by atoms with Crippen LogP contribution in [0.25, 0.3) is 0 Å². The molecule has 0 spiro atoms. The van der Waals surface area contributed by atoms with Gasteiger partial charge in [-0.1, -0.05) is 36.2 Å². The molecular formula is C10H21BrO. The van der Waals surface area contributed by atoms with Gasteiger partial charge in [0.05, 0.1) is 0 Å². The van der Waals surface area contributed by atoms with E-state index in [-0.39, 0.29) is 0 Å². The van der Waals surface area contributed by atoms with Gasteiger partial charge in [-0.3, -0.25) is 0 Å². The Labute approximate surface area is 85.0 Å². The smallest absolute Gasteiger partial charge is 0.0465 e. The molecule has 12 heavy (non-hydrogen) atoms. The van der Waals surface area contributed by atoms with Gasteiger partial charge in [-0.2, -0.15) is 0 Å². The number of rotatable bonds is 7. The zero-order valence-electron chi connectivity index (χ0n) is 8.48. The third-order valence-electron chi connectivity index (χ3n) is 1.95. The molecule has 0 aliphatic heterocycles. The number of alkyl halides is 1. The average Bonchev–Trinajstić information content (AvgIpc) is 2.03. The van der Waals surface area contributed by atoms with E-state index >= 15 is 0 Å². The highest BCUT2D eigenvalue weighted by Gasteiger charge is 2.07. The van der Waals surface area contributed by atoms with E-state index in [2.05, 4.69) is 29.8 Å². The van der Waals surface area contributed by atoms with Gasteiger partial charge in [0.1, 0.15) is 0 Å². The zero-order valence-corrected chi connectivity index (χ0v) is 10.1. The molecule has 1 unspecified atom stereocenters. The van der Waals surface area contributed by atoms with Crippen LogP contribution in [0.1, 0.15) is 40.0 Å². The molecule has 0 saturated heterocycles. The Kier molecular flexibility index (Phi) is 8.35. The van der Waals surface area contributed by atoms with Crippen LogP contribution in [-0.2, 0) is 4.74 Å². The van der Waals surface area contributed by atoms with E-state index < -0.39 is 0 Å². The van der Waals surface area contributed by atoms with Gasteiger partial charge in [-0.05, 0) is 25.7 Å². The molecular weight excluding hydrogens is 216 g/mol. The molecule has 0 aromatic heterocycles. The van der Waals surface area contributed by atoms with Crippen LogP contribution in [0.3, 0.4) is 0 Å². The van der Waals surface area contributed by atoms with E-state index in [1.165, 1.54) is 19.3 Å². The first kappa shape index (κ1) is 12.4. The number of hydrogen-bond donors (Lipinski definition) is 0. The normalized spacial score (nSPS) is 13.8. The summed E-state index contributed by atoms with van der Waals surface area (Å²) in [5.41, 5.74) is 0. The summed E-state index contributed by atoms with van der Waals surface area (Å²) in [7, 11) is 0. The molecule has 0 amide bonds. The first-order valence-corrected chi connectivity index (χ1v) is 5.81. The fourth-order valence-corrected chi connectivity index (χ4v) is 1.34. The van der Waals surface area contributed by atoms with E-state index in [1.54, 1.807) is 0 Å². The molecule has 0 aromatic carbocycles.